The molecule has 4 heterocycles. The summed E-state index contributed by atoms with van der Waals surface area (Å²) in [6.45, 7) is 6.56. The molecule has 0 aliphatic carbocycles. The van der Waals surface area contributed by atoms with Crippen molar-refractivity contribution in [2.75, 3.05) is 6.54 Å². The van der Waals surface area contributed by atoms with E-state index >= 15 is 0 Å². The first-order valence-corrected chi connectivity index (χ1v) is 10.1. The van der Waals surface area contributed by atoms with Gasteiger partial charge in [0, 0.05) is 18.3 Å². The summed E-state index contributed by atoms with van der Waals surface area (Å²) in [4.78, 5) is 25.0. The molecule has 0 fully saturated rings. The number of rotatable bonds is 7. The van der Waals surface area contributed by atoms with Crippen LogP contribution in [-0.2, 0) is 6.54 Å². The monoisotopic (exact) mass is 435 g/mol. The Kier molecular flexibility index (Phi) is 5.97. The van der Waals surface area contributed by atoms with Crippen molar-refractivity contribution in [2.45, 2.75) is 33.4 Å². The lowest BCUT2D eigenvalue weighted by Crippen LogP contribution is -2.41. The summed E-state index contributed by atoms with van der Waals surface area (Å²) in [6.07, 6.45) is 5.95. The number of hydrogen-bond acceptors (Lipinski definition) is 7. The highest BCUT2D eigenvalue weighted by Gasteiger charge is 2.25. The lowest BCUT2D eigenvalue weighted by molar-refractivity contribution is 0.0678. The van der Waals surface area contributed by atoms with Crippen LogP contribution in [-0.4, -0.2) is 63.3 Å². The van der Waals surface area contributed by atoms with E-state index in [1.807, 2.05) is 26.8 Å². The van der Waals surface area contributed by atoms with E-state index in [0.717, 1.165) is 11.9 Å². The van der Waals surface area contributed by atoms with Gasteiger partial charge >= 0.3 is 0 Å². The SMILES string of the molecule is CCN(C(=O)c1nc(C)ccc1-n1nccn1)[C@@H](C)Cn1cc(-c2ccc(F)cn2)nn1. The maximum absolute atomic E-state index is 13.4. The molecule has 0 aliphatic heterocycles. The lowest BCUT2D eigenvalue weighted by atomic mass is 10.2. The van der Waals surface area contributed by atoms with Crippen LogP contribution in [0.25, 0.3) is 17.1 Å². The summed E-state index contributed by atoms with van der Waals surface area (Å²) in [7, 11) is 0. The van der Waals surface area contributed by atoms with Gasteiger partial charge in [0.15, 0.2) is 5.69 Å². The lowest BCUT2D eigenvalue weighted by Gasteiger charge is -2.28. The van der Waals surface area contributed by atoms with Crippen molar-refractivity contribution in [3.63, 3.8) is 0 Å². The fraction of sp³-hybridized carbons (Fsp3) is 0.286. The zero-order chi connectivity index (χ0) is 22.7. The van der Waals surface area contributed by atoms with E-state index in [4.69, 9.17) is 0 Å². The van der Waals surface area contributed by atoms with Gasteiger partial charge in [0.2, 0.25) is 0 Å². The number of hydrogen-bond donors (Lipinski definition) is 0. The molecule has 1 amide bonds. The first-order chi connectivity index (χ1) is 15.5. The van der Waals surface area contributed by atoms with E-state index in [-0.39, 0.29) is 17.6 Å². The van der Waals surface area contributed by atoms with E-state index in [1.54, 1.807) is 40.3 Å². The second kappa shape index (κ2) is 9.00. The Bertz CT molecular complexity index is 1200. The van der Waals surface area contributed by atoms with Crippen LogP contribution in [0.2, 0.25) is 0 Å². The van der Waals surface area contributed by atoms with Crippen LogP contribution in [0.4, 0.5) is 4.39 Å². The van der Waals surface area contributed by atoms with Crippen LogP contribution in [0.15, 0.2) is 49.1 Å². The van der Waals surface area contributed by atoms with Gasteiger partial charge in [0.25, 0.3) is 5.91 Å². The highest BCUT2D eigenvalue weighted by Crippen LogP contribution is 2.17. The molecule has 0 saturated carbocycles. The maximum Gasteiger partial charge on any atom is 0.275 e. The molecule has 4 aromatic heterocycles. The summed E-state index contributed by atoms with van der Waals surface area (Å²) < 4.78 is 14.8. The topological polar surface area (TPSA) is 108 Å². The third-order valence-corrected chi connectivity index (χ3v) is 4.96. The van der Waals surface area contributed by atoms with Gasteiger partial charge in [0.1, 0.15) is 17.2 Å². The molecular weight excluding hydrogens is 413 g/mol. The molecule has 164 valence electrons. The second-order valence-electron chi connectivity index (χ2n) is 7.27. The summed E-state index contributed by atoms with van der Waals surface area (Å²) in [5.41, 5.74) is 2.57. The number of pyridine rings is 2. The minimum atomic E-state index is -0.415. The first-order valence-electron chi connectivity index (χ1n) is 10.1. The molecule has 0 unspecified atom stereocenters. The Labute approximate surface area is 183 Å². The van der Waals surface area contributed by atoms with Crippen LogP contribution in [0.5, 0.6) is 0 Å². The number of likely N-dealkylation sites (N-methyl/N-ethyl adjacent to an activating group) is 1. The third kappa shape index (κ3) is 4.36. The van der Waals surface area contributed by atoms with Crippen molar-refractivity contribution in [3.05, 3.63) is 66.3 Å². The summed E-state index contributed by atoms with van der Waals surface area (Å²) >= 11 is 0. The highest BCUT2D eigenvalue weighted by molar-refractivity contribution is 5.96. The van der Waals surface area contributed by atoms with Crippen molar-refractivity contribution < 1.29 is 9.18 Å². The van der Waals surface area contributed by atoms with Crippen LogP contribution in [0.1, 0.15) is 30.0 Å². The minimum absolute atomic E-state index is 0.205. The van der Waals surface area contributed by atoms with Gasteiger partial charge in [-0.3, -0.25) is 9.78 Å². The fourth-order valence-corrected chi connectivity index (χ4v) is 3.40. The molecular formula is C21H22FN9O. The molecule has 0 bridgehead atoms. The number of carbonyl (C=O) groups excluding carboxylic acids is 1. The number of aromatic nitrogens is 8. The molecule has 0 N–H and O–H groups in total. The minimum Gasteiger partial charge on any atom is -0.333 e. The summed E-state index contributed by atoms with van der Waals surface area (Å²) in [5.74, 6) is -0.641. The van der Waals surface area contributed by atoms with Crippen LogP contribution in [0, 0.1) is 12.7 Å². The van der Waals surface area contributed by atoms with Gasteiger partial charge in [-0.15, -0.1) is 9.90 Å². The Morgan fingerprint density at radius 1 is 1.16 bits per heavy atom. The average molecular weight is 435 g/mol. The maximum atomic E-state index is 13.4. The molecule has 10 nitrogen and oxygen atoms in total. The largest absolute Gasteiger partial charge is 0.333 e. The normalized spacial score (nSPS) is 12.0. The Balaban J connectivity index is 1.55. The standard InChI is InChI=1S/C21H22FN9O/c1-4-30(21(32)20-19(8-5-14(2)26-20)31-24-9-10-25-31)15(3)12-29-13-18(27-28-29)17-7-6-16(22)11-23-17/h5-11,13,15H,4,12H2,1-3H3/t15-/m0/s1. The van der Waals surface area contributed by atoms with E-state index in [0.29, 0.717) is 30.2 Å². The predicted octanol–water partition coefficient (Wildman–Crippen LogP) is 2.31. The van der Waals surface area contributed by atoms with Gasteiger partial charge < -0.3 is 4.90 Å². The molecule has 11 heteroatoms. The molecule has 0 spiro atoms. The van der Waals surface area contributed by atoms with E-state index in [2.05, 4.69) is 30.5 Å². The van der Waals surface area contributed by atoms with Crippen molar-refractivity contribution in [2.24, 2.45) is 0 Å². The molecule has 0 aromatic carbocycles. The average Bonchev–Trinajstić information content (AvgIpc) is 3.47. The number of aryl methyl sites for hydroxylation is 1. The quantitative estimate of drug-likeness (QED) is 0.438. The molecule has 4 aromatic rings. The highest BCUT2D eigenvalue weighted by atomic mass is 19.1. The van der Waals surface area contributed by atoms with Gasteiger partial charge in [-0.1, -0.05) is 5.21 Å². The van der Waals surface area contributed by atoms with Gasteiger partial charge in [-0.2, -0.15) is 10.2 Å². The molecule has 0 saturated heterocycles. The van der Waals surface area contributed by atoms with Gasteiger partial charge in [-0.05, 0) is 45.0 Å². The van der Waals surface area contributed by atoms with Crippen molar-refractivity contribution >= 4 is 5.91 Å². The zero-order valence-electron chi connectivity index (χ0n) is 17.9. The van der Waals surface area contributed by atoms with Crippen molar-refractivity contribution in [1.82, 2.24) is 44.9 Å². The Morgan fingerprint density at radius 3 is 2.62 bits per heavy atom. The van der Waals surface area contributed by atoms with E-state index in [9.17, 15) is 9.18 Å². The third-order valence-electron chi connectivity index (χ3n) is 4.96. The number of halogens is 1. The fourth-order valence-electron chi connectivity index (χ4n) is 3.40. The number of carbonyl (C=O) groups is 1. The smallest absolute Gasteiger partial charge is 0.275 e. The molecule has 0 aliphatic rings. The molecule has 32 heavy (non-hydrogen) atoms. The number of amides is 1. The Hall–Kier alpha value is -4.02. The molecule has 1 atom stereocenters. The van der Waals surface area contributed by atoms with Crippen molar-refractivity contribution in [3.8, 4) is 17.1 Å². The Morgan fingerprint density at radius 2 is 1.94 bits per heavy atom. The molecule has 4 rings (SSSR count). The summed E-state index contributed by atoms with van der Waals surface area (Å²) in [6, 6.07) is 6.26. The van der Waals surface area contributed by atoms with E-state index in [1.165, 1.54) is 10.9 Å². The van der Waals surface area contributed by atoms with Crippen molar-refractivity contribution in [1.29, 1.82) is 0 Å². The van der Waals surface area contributed by atoms with Crippen LogP contribution >= 0.6 is 0 Å². The predicted molar refractivity (Wildman–Crippen MR) is 113 cm³/mol. The summed E-state index contributed by atoms with van der Waals surface area (Å²) in [5, 5.41) is 16.5. The zero-order valence-corrected chi connectivity index (χ0v) is 17.9. The number of nitrogens with zero attached hydrogens (tertiary/aromatic N) is 9. The van der Waals surface area contributed by atoms with Crippen LogP contribution in [0.3, 0.4) is 0 Å². The van der Waals surface area contributed by atoms with Crippen LogP contribution < -0.4 is 0 Å². The van der Waals surface area contributed by atoms with E-state index < -0.39 is 5.82 Å². The van der Waals surface area contributed by atoms with Gasteiger partial charge in [0.05, 0.1) is 37.0 Å². The molecule has 0 radical (unpaired) electrons. The second-order valence-corrected chi connectivity index (χ2v) is 7.27. The van der Waals surface area contributed by atoms with Gasteiger partial charge in [-0.25, -0.2) is 14.1 Å². The first kappa shape index (κ1) is 21.2.